The molecule has 0 aliphatic carbocycles. The van der Waals surface area contributed by atoms with Crippen molar-refractivity contribution in [2.24, 2.45) is 0 Å². The molecule has 1 aromatic carbocycles. The maximum Gasteiger partial charge on any atom is 0.416 e. The van der Waals surface area contributed by atoms with E-state index >= 15 is 0 Å². The Morgan fingerprint density at radius 3 is 2.46 bits per heavy atom. The number of aromatic nitrogens is 3. The normalized spacial score (nSPS) is 11.8. The first-order chi connectivity index (χ1) is 11.5. The third-order valence-electron chi connectivity index (χ3n) is 3.42. The van der Waals surface area contributed by atoms with Crippen LogP contribution in [-0.4, -0.2) is 14.8 Å². The number of nitrogens with zero attached hydrogens (tertiary/aromatic N) is 3. The van der Waals surface area contributed by atoms with E-state index in [1.807, 2.05) is 11.5 Å². The number of rotatable bonds is 5. The first kappa shape index (κ1) is 16.6. The van der Waals surface area contributed by atoms with E-state index in [4.69, 9.17) is 4.42 Å². The van der Waals surface area contributed by atoms with Gasteiger partial charge in [0.1, 0.15) is 0 Å². The van der Waals surface area contributed by atoms with E-state index in [1.54, 1.807) is 18.4 Å². The second-order valence-electron chi connectivity index (χ2n) is 5.01. The Hall–Kier alpha value is -2.22. The van der Waals surface area contributed by atoms with E-state index in [0.717, 1.165) is 17.7 Å². The third kappa shape index (κ3) is 3.48. The summed E-state index contributed by atoms with van der Waals surface area (Å²) in [6, 6.07) is 8.73. The standard InChI is InChI=1S/C16H14F3N3OS/c1-2-22-14(13-4-3-9-23-13)20-21-15(22)24-10-11-5-7-12(8-6-11)16(17,18)19/h3-9H,2,10H2,1H3. The molecular formula is C16H14F3N3OS. The highest BCUT2D eigenvalue weighted by atomic mass is 32.2. The molecule has 0 amide bonds. The molecule has 0 bridgehead atoms. The number of benzene rings is 1. The number of hydrogen-bond acceptors (Lipinski definition) is 4. The third-order valence-corrected chi connectivity index (χ3v) is 4.46. The average Bonchev–Trinajstić information content (AvgIpc) is 3.21. The lowest BCUT2D eigenvalue weighted by molar-refractivity contribution is -0.137. The van der Waals surface area contributed by atoms with Crippen LogP contribution in [0.3, 0.4) is 0 Å². The van der Waals surface area contributed by atoms with E-state index in [2.05, 4.69) is 10.2 Å². The van der Waals surface area contributed by atoms with Gasteiger partial charge in [-0.05, 0) is 36.8 Å². The highest BCUT2D eigenvalue weighted by molar-refractivity contribution is 7.98. The van der Waals surface area contributed by atoms with E-state index in [0.29, 0.717) is 29.0 Å². The smallest absolute Gasteiger partial charge is 0.416 e. The van der Waals surface area contributed by atoms with Gasteiger partial charge in [-0.2, -0.15) is 13.2 Å². The Bertz CT molecular complexity index is 795. The lowest BCUT2D eigenvalue weighted by Gasteiger charge is -2.08. The number of alkyl halides is 3. The van der Waals surface area contributed by atoms with Crippen LogP contribution in [0.5, 0.6) is 0 Å². The van der Waals surface area contributed by atoms with Gasteiger partial charge in [0.2, 0.25) is 0 Å². The first-order valence-electron chi connectivity index (χ1n) is 7.25. The predicted molar refractivity (Wildman–Crippen MR) is 84.4 cm³/mol. The Morgan fingerprint density at radius 1 is 1.12 bits per heavy atom. The Balaban J connectivity index is 1.73. The van der Waals surface area contributed by atoms with Crippen molar-refractivity contribution in [3.63, 3.8) is 0 Å². The van der Waals surface area contributed by atoms with Gasteiger partial charge in [-0.3, -0.25) is 4.57 Å². The van der Waals surface area contributed by atoms with Gasteiger partial charge in [-0.1, -0.05) is 23.9 Å². The van der Waals surface area contributed by atoms with Crippen molar-refractivity contribution in [2.75, 3.05) is 0 Å². The van der Waals surface area contributed by atoms with Gasteiger partial charge >= 0.3 is 6.18 Å². The molecule has 24 heavy (non-hydrogen) atoms. The van der Waals surface area contributed by atoms with Crippen molar-refractivity contribution in [1.29, 1.82) is 0 Å². The van der Waals surface area contributed by atoms with Crippen molar-refractivity contribution in [3.05, 3.63) is 53.8 Å². The summed E-state index contributed by atoms with van der Waals surface area (Å²) in [7, 11) is 0. The number of thioether (sulfide) groups is 1. The maximum atomic E-state index is 12.6. The van der Waals surface area contributed by atoms with E-state index in [-0.39, 0.29) is 0 Å². The topological polar surface area (TPSA) is 43.9 Å². The molecule has 0 aliphatic heterocycles. The summed E-state index contributed by atoms with van der Waals surface area (Å²) in [6.45, 7) is 2.64. The van der Waals surface area contributed by atoms with Crippen LogP contribution >= 0.6 is 11.8 Å². The molecule has 2 heterocycles. The van der Waals surface area contributed by atoms with Gasteiger partial charge in [0.25, 0.3) is 0 Å². The number of hydrogen-bond donors (Lipinski definition) is 0. The molecule has 0 unspecified atom stereocenters. The fourth-order valence-corrected chi connectivity index (χ4v) is 3.16. The summed E-state index contributed by atoms with van der Waals surface area (Å²) in [6.07, 6.45) is -2.75. The highest BCUT2D eigenvalue weighted by Gasteiger charge is 2.29. The fraction of sp³-hybridized carbons (Fsp3) is 0.250. The molecule has 0 spiro atoms. The van der Waals surface area contributed by atoms with Crippen molar-refractivity contribution in [3.8, 4) is 11.6 Å². The van der Waals surface area contributed by atoms with Crippen molar-refractivity contribution in [2.45, 2.75) is 30.6 Å². The molecule has 3 rings (SSSR count). The zero-order chi connectivity index (χ0) is 17.2. The quantitative estimate of drug-likeness (QED) is 0.614. The van der Waals surface area contributed by atoms with Crippen LogP contribution in [0.15, 0.2) is 52.2 Å². The summed E-state index contributed by atoms with van der Waals surface area (Å²) in [5.74, 6) is 1.78. The van der Waals surface area contributed by atoms with Crippen molar-refractivity contribution >= 4 is 11.8 Å². The molecule has 0 saturated carbocycles. The Kier molecular flexibility index (Phi) is 4.66. The predicted octanol–water partition coefficient (Wildman–Crippen LogP) is 4.87. The zero-order valence-corrected chi connectivity index (χ0v) is 13.6. The van der Waals surface area contributed by atoms with Crippen LogP contribution in [0.25, 0.3) is 11.6 Å². The van der Waals surface area contributed by atoms with E-state index in [9.17, 15) is 13.2 Å². The van der Waals surface area contributed by atoms with Crippen LogP contribution in [0.2, 0.25) is 0 Å². The maximum absolute atomic E-state index is 12.6. The lowest BCUT2D eigenvalue weighted by atomic mass is 10.1. The van der Waals surface area contributed by atoms with Gasteiger partial charge in [-0.15, -0.1) is 10.2 Å². The summed E-state index contributed by atoms with van der Waals surface area (Å²) in [5.41, 5.74) is 0.145. The van der Waals surface area contributed by atoms with Crippen LogP contribution in [0.1, 0.15) is 18.1 Å². The minimum atomic E-state index is -4.31. The van der Waals surface area contributed by atoms with Gasteiger partial charge < -0.3 is 4.42 Å². The number of halogens is 3. The van der Waals surface area contributed by atoms with Gasteiger partial charge in [0.05, 0.1) is 11.8 Å². The second-order valence-corrected chi connectivity index (χ2v) is 5.95. The molecule has 0 aliphatic rings. The van der Waals surface area contributed by atoms with E-state index in [1.165, 1.54) is 23.9 Å². The van der Waals surface area contributed by atoms with Crippen molar-refractivity contribution in [1.82, 2.24) is 14.8 Å². The molecule has 0 fully saturated rings. The highest BCUT2D eigenvalue weighted by Crippen LogP contribution is 2.31. The van der Waals surface area contributed by atoms with Crippen LogP contribution in [0.4, 0.5) is 13.2 Å². The molecule has 0 atom stereocenters. The minimum Gasteiger partial charge on any atom is -0.461 e. The summed E-state index contributed by atoms with van der Waals surface area (Å²) in [5, 5.41) is 8.99. The van der Waals surface area contributed by atoms with E-state index < -0.39 is 11.7 Å². The molecule has 2 aromatic heterocycles. The molecule has 4 nitrogen and oxygen atoms in total. The molecule has 0 radical (unpaired) electrons. The van der Waals surface area contributed by atoms with Crippen LogP contribution in [-0.2, 0) is 18.5 Å². The van der Waals surface area contributed by atoms with Crippen LogP contribution < -0.4 is 0 Å². The lowest BCUT2D eigenvalue weighted by Crippen LogP contribution is -2.04. The molecule has 3 aromatic rings. The second kappa shape index (κ2) is 6.72. The van der Waals surface area contributed by atoms with Gasteiger partial charge in [0, 0.05) is 12.3 Å². The summed E-state index contributed by atoms with van der Waals surface area (Å²) in [4.78, 5) is 0. The SMILES string of the molecule is CCn1c(SCc2ccc(C(F)(F)F)cc2)nnc1-c1ccco1. The average molecular weight is 353 g/mol. The fourth-order valence-electron chi connectivity index (χ4n) is 2.21. The molecular weight excluding hydrogens is 339 g/mol. The monoisotopic (exact) mass is 353 g/mol. The summed E-state index contributed by atoms with van der Waals surface area (Å²) >= 11 is 1.42. The Labute approximate surface area is 140 Å². The largest absolute Gasteiger partial charge is 0.461 e. The van der Waals surface area contributed by atoms with Crippen molar-refractivity contribution < 1.29 is 17.6 Å². The zero-order valence-electron chi connectivity index (χ0n) is 12.7. The van der Waals surface area contributed by atoms with Gasteiger partial charge in [0.15, 0.2) is 16.7 Å². The molecule has 0 N–H and O–H groups in total. The molecule has 0 saturated heterocycles. The minimum absolute atomic E-state index is 0.508. The molecule has 8 heteroatoms. The number of furan rings is 1. The van der Waals surface area contributed by atoms with Crippen LogP contribution in [0, 0.1) is 0 Å². The van der Waals surface area contributed by atoms with Gasteiger partial charge in [-0.25, -0.2) is 0 Å². The summed E-state index contributed by atoms with van der Waals surface area (Å²) < 4.78 is 45.0. The Morgan fingerprint density at radius 2 is 1.88 bits per heavy atom. The first-order valence-corrected chi connectivity index (χ1v) is 8.23. The molecule has 126 valence electrons.